The van der Waals surface area contributed by atoms with E-state index in [9.17, 15) is 9.18 Å². The number of halogens is 1. The molecule has 1 amide bonds. The Morgan fingerprint density at radius 3 is 2.55 bits per heavy atom. The summed E-state index contributed by atoms with van der Waals surface area (Å²) in [6.45, 7) is 3.83. The Morgan fingerprint density at radius 2 is 1.95 bits per heavy atom. The average Bonchev–Trinajstić information content (AvgIpc) is 3.06. The second-order valence-corrected chi connectivity index (χ2v) is 5.00. The summed E-state index contributed by atoms with van der Waals surface area (Å²) in [5.41, 5.74) is 8.68. The Morgan fingerprint density at radius 1 is 1.27 bits per heavy atom. The standard InChI is InChI=1S/C16H14FN3O2/c1-9-7-13(16-19-14(8-22-16)15(18)21)10(2)20(9)12-5-3-11(17)4-6-12/h3-8H,1-2H3,(H2,18,21). The van der Waals surface area contributed by atoms with Gasteiger partial charge in [-0.25, -0.2) is 9.37 Å². The molecule has 0 atom stereocenters. The number of carbonyl (C=O) groups is 1. The maximum atomic E-state index is 13.1. The van der Waals surface area contributed by atoms with Gasteiger partial charge in [-0.05, 0) is 44.2 Å². The van der Waals surface area contributed by atoms with E-state index >= 15 is 0 Å². The highest BCUT2D eigenvalue weighted by Gasteiger charge is 2.17. The van der Waals surface area contributed by atoms with Gasteiger partial charge in [-0.1, -0.05) is 0 Å². The van der Waals surface area contributed by atoms with Crippen LogP contribution in [0.5, 0.6) is 0 Å². The Bertz CT molecular complexity index is 847. The van der Waals surface area contributed by atoms with E-state index in [0.717, 1.165) is 22.6 Å². The third-order valence-electron chi connectivity index (χ3n) is 3.50. The van der Waals surface area contributed by atoms with Crippen LogP contribution in [0.15, 0.2) is 41.0 Å². The maximum absolute atomic E-state index is 13.1. The minimum atomic E-state index is -0.637. The van der Waals surface area contributed by atoms with Crippen molar-refractivity contribution in [3.05, 3.63) is 59.5 Å². The Balaban J connectivity index is 2.09. The summed E-state index contributed by atoms with van der Waals surface area (Å²) < 4.78 is 20.4. The van der Waals surface area contributed by atoms with E-state index in [1.54, 1.807) is 12.1 Å². The summed E-state index contributed by atoms with van der Waals surface area (Å²) in [5.74, 6) is -0.595. The predicted molar refractivity (Wildman–Crippen MR) is 79.2 cm³/mol. The van der Waals surface area contributed by atoms with Gasteiger partial charge in [0.05, 0.1) is 5.56 Å². The van der Waals surface area contributed by atoms with E-state index < -0.39 is 5.91 Å². The second kappa shape index (κ2) is 5.14. The molecule has 112 valence electrons. The molecule has 0 saturated carbocycles. The van der Waals surface area contributed by atoms with Gasteiger partial charge < -0.3 is 14.7 Å². The van der Waals surface area contributed by atoms with Gasteiger partial charge in [0, 0.05) is 17.1 Å². The molecule has 2 aromatic heterocycles. The number of carbonyl (C=O) groups excluding carboxylic acids is 1. The predicted octanol–water partition coefficient (Wildman–Crippen LogP) is 2.99. The molecule has 0 fully saturated rings. The molecule has 2 N–H and O–H groups in total. The molecule has 0 aliphatic rings. The smallest absolute Gasteiger partial charge is 0.270 e. The van der Waals surface area contributed by atoms with Crippen LogP contribution in [0, 0.1) is 19.7 Å². The quantitative estimate of drug-likeness (QED) is 0.808. The van der Waals surface area contributed by atoms with Gasteiger partial charge >= 0.3 is 0 Å². The van der Waals surface area contributed by atoms with Gasteiger partial charge in [0.25, 0.3) is 5.91 Å². The molecule has 0 bridgehead atoms. The van der Waals surface area contributed by atoms with Crippen LogP contribution in [-0.2, 0) is 0 Å². The minimum Gasteiger partial charge on any atom is -0.444 e. The summed E-state index contributed by atoms with van der Waals surface area (Å²) in [5, 5.41) is 0. The molecule has 0 unspecified atom stereocenters. The lowest BCUT2D eigenvalue weighted by Gasteiger charge is -2.09. The van der Waals surface area contributed by atoms with Crippen LogP contribution in [0.3, 0.4) is 0 Å². The van der Waals surface area contributed by atoms with E-state index in [2.05, 4.69) is 4.98 Å². The van der Waals surface area contributed by atoms with Crippen LogP contribution in [0.4, 0.5) is 4.39 Å². The number of aryl methyl sites for hydroxylation is 1. The molecule has 1 aromatic carbocycles. The first-order valence-corrected chi connectivity index (χ1v) is 6.68. The third kappa shape index (κ3) is 2.28. The minimum absolute atomic E-state index is 0.0848. The number of primary amides is 1. The maximum Gasteiger partial charge on any atom is 0.270 e. The van der Waals surface area contributed by atoms with Gasteiger partial charge in [0.1, 0.15) is 12.1 Å². The molecule has 0 aliphatic heterocycles. The number of oxazole rings is 1. The molecule has 22 heavy (non-hydrogen) atoms. The average molecular weight is 299 g/mol. The van der Waals surface area contributed by atoms with Crippen LogP contribution in [0.2, 0.25) is 0 Å². The van der Waals surface area contributed by atoms with Crippen molar-refractivity contribution in [2.24, 2.45) is 5.73 Å². The number of hydrogen-bond donors (Lipinski definition) is 1. The van der Waals surface area contributed by atoms with Crippen LogP contribution in [-0.4, -0.2) is 15.5 Å². The number of amides is 1. The van der Waals surface area contributed by atoms with Crippen LogP contribution in [0.1, 0.15) is 21.9 Å². The summed E-state index contributed by atoms with van der Waals surface area (Å²) >= 11 is 0. The zero-order chi connectivity index (χ0) is 15.9. The number of benzene rings is 1. The summed E-state index contributed by atoms with van der Waals surface area (Å²) in [7, 11) is 0. The molecule has 3 aromatic rings. The first-order valence-electron chi connectivity index (χ1n) is 6.68. The molecular formula is C16H14FN3O2. The molecule has 0 saturated heterocycles. The molecule has 3 rings (SSSR count). The number of hydrogen-bond acceptors (Lipinski definition) is 3. The van der Waals surface area contributed by atoms with Crippen molar-refractivity contribution in [3.8, 4) is 17.1 Å². The lowest BCUT2D eigenvalue weighted by atomic mass is 10.2. The molecule has 0 spiro atoms. The second-order valence-electron chi connectivity index (χ2n) is 5.00. The molecule has 0 aliphatic carbocycles. The molecule has 6 heteroatoms. The summed E-state index contributed by atoms with van der Waals surface area (Å²) in [4.78, 5) is 15.2. The van der Waals surface area contributed by atoms with Crippen molar-refractivity contribution in [1.82, 2.24) is 9.55 Å². The van der Waals surface area contributed by atoms with Crippen molar-refractivity contribution in [2.45, 2.75) is 13.8 Å². The lowest BCUT2D eigenvalue weighted by molar-refractivity contribution is 0.0995. The van der Waals surface area contributed by atoms with E-state index in [0.29, 0.717) is 5.89 Å². The highest BCUT2D eigenvalue weighted by Crippen LogP contribution is 2.29. The van der Waals surface area contributed by atoms with E-state index in [1.807, 2.05) is 24.5 Å². The SMILES string of the molecule is Cc1cc(-c2nc(C(N)=O)co2)c(C)n1-c1ccc(F)cc1. The zero-order valence-corrected chi connectivity index (χ0v) is 12.1. The van der Waals surface area contributed by atoms with Crippen molar-refractivity contribution in [3.63, 3.8) is 0 Å². The van der Waals surface area contributed by atoms with E-state index in [-0.39, 0.29) is 11.5 Å². The fourth-order valence-electron chi connectivity index (χ4n) is 2.48. The highest BCUT2D eigenvalue weighted by molar-refractivity contribution is 5.90. The summed E-state index contributed by atoms with van der Waals surface area (Å²) in [6, 6.07) is 8.11. The van der Waals surface area contributed by atoms with Crippen molar-refractivity contribution < 1.29 is 13.6 Å². The fourth-order valence-corrected chi connectivity index (χ4v) is 2.48. The zero-order valence-electron chi connectivity index (χ0n) is 12.1. The molecule has 2 heterocycles. The molecule has 5 nitrogen and oxygen atoms in total. The number of aromatic nitrogens is 2. The number of rotatable bonds is 3. The number of nitrogens with two attached hydrogens (primary N) is 1. The van der Waals surface area contributed by atoms with Crippen molar-refractivity contribution in [2.75, 3.05) is 0 Å². The molecular weight excluding hydrogens is 285 g/mol. The fraction of sp³-hybridized carbons (Fsp3) is 0.125. The van der Waals surface area contributed by atoms with Gasteiger partial charge in [-0.15, -0.1) is 0 Å². The normalized spacial score (nSPS) is 10.9. The highest BCUT2D eigenvalue weighted by atomic mass is 19.1. The van der Waals surface area contributed by atoms with E-state index in [4.69, 9.17) is 10.2 Å². The monoisotopic (exact) mass is 299 g/mol. The summed E-state index contributed by atoms with van der Waals surface area (Å²) in [6.07, 6.45) is 1.24. The van der Waals surface area contributed by atoms with Gasteiger partial charge in [0.2, 0.25) is 5.89 Å². The Hall–Kier alpha value is -2.89. The third-order valence-corrected chi connectivity index (χ3v) is 3.50. The lowest BCUT2D eigenvalue weighted by Crippen LogP contribution is -2.10. The Labute approximate surface area is 126 Å². The van der Waals surface area contributed by atoms with Crippen molar-refractivity contribution >= 4 is 5.91 Å². The topological polar surface area (TPSA) is 74.1 Å². The first-order chi connectivity index (χ1) is 10.5. The molecule has 0 radical (unpaired) electrons. The van der Waals surface area contributed by atoms with Crippen molar-refractivity contribution in [1.29, 1.82) is 0 Å². The van der Waals surface area contributed by atoms with Gasteiger partial charge in [-0.3, -0.25) is 4.79 Å². The van der Waals surface area contributed by atoms with E-state index in [1.165, 1.54) is 18.4 Å². The van der Waals surface area contributed by atoms with Crippen LogP contribution < -0.4 is 5.73 Å². The number of nitrogens with zero attached hydrogens (tertiary/aromatic N) is 2. The van der Waals surface area contributed by atoms with Crippen LogP contribution >= 0.6 is 0 Å². The van der Waals surface area contributed by atoms with Gasteiger partial charge in [-0.2, -0.15) is 0 Å². The van der Waals surface area contributed by atoms with Gasteiger partial charge in [0.15, 0.2) is 5.69 Å². The largest absolute Gasteiger partial charge is 0.444 e. The van der Waals surface area contributed by atoms with Crippen LogP contribution in [0.25, 0.3) is 17.1 Å². The first kappa shape index (κ1) is 14.1. The Kier molecular flexibility index (Phi) is 3.29.